The first-order chi connectivity index (χ1) is 8.68. The van der Waals surface area contributed by atoms with E-state index in [4.69, 9.17) is 0 Å². The maximum atomic E-state index is 12.1. The first-order valence-corrected chi connectivity index (χ1v) is 5.77. The number of rotatable bonds is 4. The monoisotopic (exact) mass is 245 g/mol. The SMILES string of the molecule is CC(C)[C@@H](NC(=O)c1ccccc1)c1nn[nH]n1. The average molecular weight is 245 g/mol. The van der Waals surface area contributed by atoms with Crippen molar-refractivity contribution in [1.82, 2.24) is 25.9 Å². The van der Waals surface area contributed by atoms with Crippen LogP contribution in [0.25, 0.3) is 0 Å². The maximum Gasteiger partial charge on any atom is 0.251 e. The van der Waals surface area contributed by atoms with E-state index in [0.717, 1.165) is 0 Å². The fourth-order valence-electron chi connectivity index (χ4n) is 1.64. The van der Waals surface area contributed by atoms with Crippen LogP contribution in [0, 0.1) is 5.92 Å². The standard InChI is InChI=1S/C12H15N5O/c1-8(2)10(11-14-16-17-15-11)13-12(18)9-6-4-3-5-7-9/h3-8,10H,1-2H3,(H,13,18)(H,14,15,16,17)/t10-/m1/s1. The van der Waals surface area contributed by atoms with Gasteiger partial charge >= 0.3 is 0 Å². The molecule has 2 N–H and O–H groups in total. The number of carbonyl (C=O) groups is 1. The van der Waals surface area contributed by atoms with E-state index >= 15 is 0 Å². The van der Waals surface area contributed by atoms with E-state index in [1.165, 1.54) is 0 Å². The third-order valence-corrected chi connectivity index (χ3v) is 2.63. The second kappa shape index (κ2) is 5.39. The highest BCUT2D eigenvalue weighted by atomic mass is 16.1. The second-order valence-corrected chi connectivity index (χ2v) is 4.33. The van der Waals surface area contributed by atoms with E-state index in [2.05, 4.69) is 25.9 Å². The molecule has 2 aromatic rings. The van der Waals surface area contributed by atoms with Crippen LogP contribution in [-0.4, -0.2) is 26.5 Å². The van der Waals surface area contributed by atoms with Gasteiger partial charge in [-0.1, -0.05) is 37.3 Å². The van der Waals surface area contributed by atoms with E-state index in [1.807, 2.05) is 32.0 Å². The molecule has 1 amide bonds. The van der Waals surface area contributed by atoms with E-state index < -0.39 is 0 Å². The molecule has 1 aromatic heterocycles. The molecule has 0 aliphatic rings. The summed E-state index contributed by atoms with van der Waals surface area (Å²) in [5, 5.41) is 16.7. The molecule has 0 bridgehead atoms. The van der Waals surface area contributed by atoms with Gasteiger partial charge in [-0.2, -0.15) is 5.21 Å². The Hall–Kier alpha value is -2.24. The van der Waals surface area contributed by atoms with Crippen LogP contribution in [-0.2, 0) is 0 Å². The number of tetrazole rings is 1. The molecule has 2 rings (SSSR count). The number of benzene rings is 1. The zero-order valence-corrected chi connectivity index (χ0v) is 10.3. The molecule has 1 aromatic carbocycles. The molecular weight excluding hydrogens is 230 g/mol. The van der Waals surface area contributed by atoms with Gasteiger partial charge in [0.2, 0.25) is 0 Å². The van der Waals surface area contributed by atoms with Crippen LogP contribution in [0.5, 0.6) is 0 Å². The molecule has 0 saturated heterocycles. The van der Waals surface area contributed by atoms with Gasteiger partial charge in [0.05, 0.1) is 6.04 Å². The van der Waals surface area contributed by atoms with Crippen molar-refractivity contribution in [3.8, 4) is 0 Å². The molecule has 0 fully saturated rings. The summed E-state index contributed by atoms with van der Waals surface area (Å²) < 4.78 is 0. The summed E-state index contributed by atoms with van der Waals surface area (Å²) in [5.74, 6) is 0.531. The zero-order valence-electron chi connectivity index (χ0n) is 10.3. The topological polar surface area (TPSA) is 83.6 Å². The lowest BCUT2D eigenvalue weighted by atomic mass is 10.0. The van der Waals surface area contributed by atoms with Crippen molar-refractivity contribution in [2.24, 2.45) is 5.92 Å². The fourth-order valence-corrected chi connectivity index (χ4v) is 1.64. The van der Waals surface area contributed by atoms with Gasteiger partial charge in [0.15, 0.2) is 5.82 Å². The molecule has 0 saturated carbocycles. The zero-order chi connectivity index (χ0) is 13.0. The molecule has 6 heteroatoms. The van der Waals surface area contributed by atoms with Gasteiger partial charge in [-0.25, -0.2) is 0 Å². The molecule has 6 nitrogen and oxygen atoms in total. The van der Waals surface area contributed by atoms with E-state index in [-0.39, 0.29) is 17.9 Å². The quantitative estimate of drug-likeness (QED) is 0.851. The van der Waals surface area contributed by atoms with Gasteiger partial charge in [-0.3, -0.25) is 4.79 Å². The van der Waals surface area contributed by atoms with Crippen LogP contribution in [0.2, 0.25) is 0 Å². The normalized spacial score (nSPS) is 12.4. The average Bonchev–Trinajstić information content (AvgIpc) is 2.90. The number of H-pyrrole nitrogens is 1. The Morgan fingerprint density at radius 2 is 2.00 bits per heavy atom. The number of amides is 1. The lowest BCUT2D eigenvalue weighted by Gasteiger charge is -2.18. The van der Waals surface area contributed by atoms with E-state index in [0.29, 0.717) is 11.4 Å². The van der Waals surface area contributed by atoms with Gasteiger partial charge in [0.1, 0.15) is 0 Å². The van der Waals surface area contributed by atoms with Gasteiger partial charge in [0.25, 0.3) is 5.91 Å². The van der Waals surface area contributed by atoms with Gasteiger partial charge in [-0.05, 0) is 18.1 Å². The Morgan fingerprint density at radius 1 is 1.28 bits per heavy atom. The molecule has 0 radical (unpaired) electrons. The highest BCUT2D eigenvalue weighted by Gasteiger charge is 2.22. The molecule has 1 atom stereocenters. The van der Waals surface area contributed by atoms with Crippen LogP contribution in [0.15, 0.2) is 30.3 Å². The largest absolute Gasteiger partial charge is 0.342 e. The van der Waals surface area contributed by atoms with E-state index in [9.17, 15) is 4.79 Å². The number of nitrogens with one attached hydrogen (secondary N) is 2. The molecular formula is C12H15N5O. The van der Waals surface area contributed by atoms with Gasteiger partial charge < -0.3 is 5.32 Å². The molecule has 0 spiro atoms. The third-order valence-electron chi connectivity index (χ3n) is 2.63. The third kappa shape index (κ3) is 2.71. The fraction of sp³-hybridized carbons (Fsp3) is 0.333. The molecule has 0 aliphatic carbocycles. The predicted octanol–water partition coefficient (Wildman–Crippen LogP) is 1.33. The summed E-state index contributed by atoms with van der Waals surface area (Å²) in [4.78, 5) is 12.1. The van der Waals surface area contributed by atoms with Crippen molar-refractivity contribution in [3.05, 3.63) is 41.7 Å². The predicted molar refractivity (Wildman–Crippen MR) is 65.7 cm³/mol. The van der Waals surface area contributed by atoms with Crippen LogP contribution in [0.1, 0.15) is 36.1 Å². The van der Waals surface area contributed by atoms with Crippen molar-refractivity contribution in [2.75, 3.05) is 0 Å². The van der Waals surface area contributed by atoms with E-state index in [1.54, 1.807) is 12.1 Å². The van der Waals surface area contributed by atoms with Crippen molar-refractivity contribution in [1.29, 1.82) is 0 Å². The number of aromatic amines is 1. The summed E-state index contributed by atoms with van der Waals surface area (Å²) in [6.45, 7) is 3.98. The molecule has 94 valence electrons. The van der Waals surface area contributed by atoms with Crippen LogP contribution in [0.4, 0.5) is 0 Å². The Bertz CT molecular complexity index is 494. The minimum absolute atomic E-state index is 0.140. The summed E-state index contributed by atoms with van der Waals surface area (Å²) in [6, 6.07) is 8.81. The van der Waals surface area contributed by atoms with Crippen molar-refractivity contribution in [2.45, 2.75) is 19.9 Å². The highest BCUT2D eigenvalue weighted by Crippen LogP contribution is 2.17. The Morgan fingerprint density at radius 3 is 2.56 bits per heavy atom. The molecule has 1 heterocycles. The molecule has 0 aliphatic heterocycles. The second-order valence-electron chi connectivity index (χ2n) is 4.33. The summed E-state index contributed by atoms with van der Waals surface area (Å²) in [6.07, 6.45) is 0. The highest BCUT2D eigenvalue weighted by molar-refractivity contribution is 5.94. The first kappa shape index (κ1) is 12.2. The number of nitrogens with zero attached hydrogens (tertiary/aromatic N) is 3. The number of aromatic nitrogens is 4. The van der Waals surface area contributed by atoms with Crippen LogP contribution < -0.4 is 5.32 Å². The lowest BCUT2D eigenvalue weighted by molar-refractivity contribution is 0.0923. The first-order valence-electron chi connectivity index (χ1n) is 5.77. The van der Waals surface area contributed by atoms with Crippen molar-refractivity contribution >= 4 is 5.91 Å². The Kier molecular flexibility index (Phi) is 3.66. The smallest absolute Gasteiger partial charge is 0.251 e. The van der Waals surface area contributed by atoms with Crippen LogP contribution in [0.3, 0.4) is 0 Å². The Balaban J connectivity index is 2.13. The summed E-state index contributed by atoms with van der Waals surface area (Å²) in [7, 11) is 0. The minimum atomic E-state index is -0.253. The van der Waals surface area contributed by atoms with Crippen molar-refractivity contribution < 1.29 is 4.79 Å². The van der Waals surface area contributed by atoms with Gasteiger partial charge in [0, 0.05) is 5.56 Å². The van der Waals surface area contributed by atoms with Crippen LogP contribution >= 0.6 is 0 Å². The number of hydrogen-bond donors (Lipinski definition) is 2. The lowest BCUT2D eigenvalue weighted by Crippen LogP contribution is -2.32. The Labute approximate surface area is 105 Å². The number of hydrogen-bond acceptors (Lipinski definition) is 4. The molecule has 0 unspecified atom stereocenters. The molecule has 18 heavy (non-hydrogen) atoms. The number of carbonyl (C=O) groups excluding carboxylic acids is 1. The maximum absolute atomic E-state index is 12.1. The minimum Gasteiger partial charge on any atom is -0.342 e. The summed E-state index contributed by atoms with van der Waals surface area (Å²) in [5.41, 5.74) is 0.617. The van der Waals surface area contributed by atoms with Crippen molar-refractivity contribution in [3.63, 3.8) is 0 Å². The summed E-state index contributed by atoms with van der Waals surface area (Å²) >= 11 is 0. The van der Waals surface area contributed by atoms with Gasteiger partial charge in [-0.15, -0.1) is 10.2 Å².